The molecule has 1 unspecified atom stereocenters. The number of furan rings is 1. The zero-order chi connectivity index (χ0) is 14.1. The van der Waals surface area contributed by atoms with E-state index in [1.807, 2.05) is 35.9 Å². The molecule has 2 aromatic heterocycles. The second-order valence-electron chi connectivity index (χ2n) is 4.61. The number of fused-ring (bicyclic) bond motifs is 1. The van der Waals surface area contributed by atoms with Crippen LogP contribution in [0.15, 0.2) is 39.5 Å². The zero-order valence-electron chi connectivity index (χ0n) is 11.1. The van der Waals surface area contributed by atoms with Gasteiger partial charge in [0.25, 0.3) is 0 Å². The highest BCUT2D eigenvalue weighted by Gasteiger charge is 2.16. The van der Waals surface area contributed by atoms with Gasteiger partial charge in [0, 0.05) is 18.4 Å². The molecule has 3 aromatic rings. The van der Waals surface area contributed by atoms with Gasteiger partial charge in [0.1, 0.15) is 23.5 Å². The number of aryl methyl sites for hydroxylation is 1. The smallest absolute Gasteiger partial charge is 0.148 e. The summed E-state index contributed by atoms with van der Waals surface area (Å²) in [6.45, 7) is 2.82. The van der Waals surface area contributed by atoms with E-state index in [0.717, 1.165) is 33.6 Å². The van der Waals surface area contributed by atoms with E-state index in [-0.39, 0.29) is 6.04 Å². The lowest BCUT2D eigenvalue weighted by atomic mass is 10.1. The van der Waals surface area contributed by atoms with Gasteiger partial charge in [-0.1, -0.05) is 12.1 Å². The molecule has 2 N–H and O–H groups in total. The van der Waals surface area contributed by atoms with Gasteiger partial charge in [0.05, 0.1) is 10.5 Å². The van der Waals surface area contributed by atoms with E-state index in [2.05, 4.69) is 26.0 Å². The maximum atomic E-state index is 6.23. The molecule has 104 valence electrons. The van der Waals surface area contributed by atoms with Crippen molar-refractivity contribution in [1.29, 1.82) is 0 Å². The third kappa shape index (κ3) is 2.36. The fraction of sp³-hybridized carbons (Fsp3) is 0.286. The molecule has 0 aliphatic heterocycles. The standard InChI is InChI=1S/C14H15BrN4O/c1-2-19-13(17-8-18-19)7-11(16)12-6-9-4-3-5-10(15)14(9)20-12/h3-6,8,11H,2,7,16H2,1H3. The van der Waals surface area contributed by atoms with Gasteiger partial charge in [-0.3, -0.25) is 4.68 Å². The summed E-state index contributed by atoms with van der Waals surface area (Å²) in [5.74, 6) is 1.64. The van der Waals surface area contributed by atoms with Gasteiger partial charge in [-0.15, -0.1) is 0 Å². The van der Waals surface area contributed by atoms with Crippen molar-refractivity contribution in [2.75, 3.05) is 0 Å². The molecule has 0 fully saturated rings. The van der Waals surface area contributed by atoms with Crippen LogP contribution in [-0.4, -0.2) is 14.8 Å². The van der Waals surface area contributed by atoms with Crippen LogP contribution in [0.2, 0.25) is 0 Å². The molecule has 1 atom stereocenters. The number of benzene rings is 1. The Hall–Kier alpha value is -1.66. The molecule has 1 aromatic carbocycles. The summed E-state index contributed by atoms with van der Waals surface area (Å²) >= 11 is 3.48. The maximum Gasteiger partial charge on any atom is 0.148 e. The van der Waals surface area contributed by atoms with Crippen molar-refractivity contribution >= 4 is 26.9 Å². The Balaban J connectivity index is 1.89. The summed E-state index contributed by atoms with van der Waals surface area (Å²) in [5.41, 5.74) is 7.06. The third-order valence-electron chi connectivity index (χ3n) is 3.28. The van der Waals surface area contributed by atoms with E-state index in [4.69, 9.17) is 10.2 Å². The van der Waals surface area contributed by atoms with E-state index in [1.54, 1.807) is 6.33 Å². The van der Waals surface area contributed by atoms with Crippen LogP contribution < -0.4 is 5.73 Å². The van der Waals surface area contributed by atoms with E-state index in [1.165, 1.54) is 0 Å². The van der Waals surface area contributed by atoms with Crippen molar-refractivity contribution in [3.05, 3.63) is 46.7 Å². The summed E-state index contributed by atoms with van der Waals surface area (Å²) in [5, 5.41) is 5.19. The van der Waals surface area contributed by atoms with Crippen molar-refractivity contribution in [2.24, 2.45) is 5.73 Å². The monoisotopic (exact) mass is 334 g/mol. The van der Waals surface area contributed by atoms with Crippen LogP contribution in [0.5, 0.6) is 0 Å². The molecule has 2 heterocycles. The first-order chi connectivity index (χ1) is 9.69. The normalized spacial score (nSPS) is 12.9. The summed E-state index contributed by atoms with van der Waals surface area (Å²) in [6, 6.07) is 7.69. The second kappa shape index (κ2) is 5.38. The molecule has 0 spiro atoms. The largest absolute Gasteiger partial charge is 0.458 e. The molecule has 0 radical (unpaired) electrons. The van der Waals surface area contributed by atoms with Crippen molar-refractivity contribution < 1.29 is 4.42 Å². The van der Waals surface area contributed by atoms with Crippen LogP contribution in [0, 0.1) is 0 Å². The van der Waals surface area contributed by atoms with E-state index in [9.17, 15) is 0 Å². The number of rotatable bonds is 4. The number of hydrogen-bond acceptors (Lipinski definition) is 4. The first-order valence-corrected chi connectivity index (χ1v) is 7.28. The molecule has 20 heavy (non-hydrogen) atoms. The summed E-state index contributed by atoms with van der Waals surface area (Å²) in [7, 11) is 0. The number of para-hydroxylation sites is 1. The lowest BCUT2D eigenvalue weighted by molar-refractivity contribution is 0.478. The predicted molar refractivity (Wildman–Crippen MR) is 80.2 cm³/mol. The Labute approximate surface area is 124 Å². The van der Waals surface area contributed by atoms with Crippen LogP contribution >= 0.6 is 15.9 Å². The van der Waals surface area contributed by atoms with Gasteiger partial charge in [-0.2, -0.15) is 5.10 Å². The van der Waals surface area contributed by atoms with Crippen LogP contribution in [0.25, 0.3) is 11.0 Å². The van der Waals surface area contributed by atoms with Gasteiger partial charge in [0.2, 0.25) is 0 Å². The highest BCUT2D eigenvalue weighted by atomic mass is 79.9. The average molecular weight is 335 g/mol. The van der Waals surface area contributed by atoms with Crippen LogP contribution in [-0.2, 0) is 13.0 Å². The molecular formula is C14H15BrN4O. The maximum absolute atomic E-state index is 6.23. The van der Waals surface area contributed by atoms with Gasteiger partial charge < -0.3 is 10.2 Å². The van der Waals surface area contributed by atoms with Crippen molar-refractivity contribution in [1.82, 2.24) is 14.8 Å². The molecule has 5 nitrogen and oxygen atoms in total. The molecule has 0 aliphatic carbocycles. The number of aromatic nitrogens is 3. The van der Waals surface area contributed by atoms with Crippen LogP contribution in [0.3, 0.4) is 0 Å². The zero-order valence-corrected chi connectivity index (χ0v) is 12.7. The quantitative estimate of drug-likeness (QED) is 0.796. The molecule has 6 heteroatoms. The van der Waals surface area contributed by atoms with Crippen LogP contribution in [0.4, 0.5) is 0 Å². The lowest BCUT2D eigenvalue weighted by Gasteiger charge is -2.08. The van der Waals surface area contributed by atoms with Gasteiger partial charge in [-0.25, -0.2) is 4.98 Å². The molecule has 0 aliphatic rings. The highest BCUT2D eigenvalue weighted by molar-refractivity contribution is 9.10. The molecular weight excluding hydrogens is 320 g/mol. The Bertz CT molecular complexity index is 734. The fourth-order valence-corrected chi connectivity index (χ4v) is 2.70. The van der Waals surface area contributed by atoms with Crippen molar-refractivity contribution in [3.63, 3.8) is 0 Å². The van der Waals surface area contributed by atoms with Gasteiger partial charge in [0.15, 0.2) is 0 Å². The number of halogens is 1. The van der Waals surface area contributed by atoms with E-state index < -0.39 is 0 Å². The van der Waals surface area contributed by atoms with Gasteiger partial charge in [-0.05, 0) is 35.0 Å². The highest BCUT2D eigenvalue weighted by Crippen LogP contribution is 2.29. The topological polar surface area (TPSA) is 69.9 Å². The first-order valence-electron chi connectivity index (χ1n) is 6.49. The Kier molecular flexibility index (Phi) is 3.58. The van der Waals surface area contributed by atoms with E-state index >= 15 is 0 Å². The second-order valence-corrected chi connectivity index (χ2v) is 5.46. The minimum absolute atomic E-state index is 0.233. The number of nitrogens with two attached hydrogens (primary N) is 1. The molecule has 0 saturated carbocycles. The van der Waals surface area contributed by atoms with Crippen molar-refractivity contribution in [2.45, 2.75) is 25.9 Å². The summed E-state index contributed by atoms with van der Waals surface area (Å²) in [4.78, 5) is 4.24. The minimum Gasteiger partial charge on any atom is -0.458 e. The fourth-order valence-electron chi connectivity index (χ4n) is 2.24. The van der Waals surface area contributed by atoms with Crippen molar-refractivity contribution in [3.8, 4) is 0 Å². The number of hydrogen-bond donors (Lipinski definition) is 1. The lowest BCUT2D eigenvalue weighted by Crippen LogP contribution is -2.16. The minimum atomic E-state index is -0.233. The molecule has 0 saturated heterocycles. The van der Waals surface area contributed by atoms with Crippen LogP contribution in [0.1, 0.15) is 24.6 Å². The van der Waals surface area contributed by atoms with Gasteiger partial charge >= 0.3 is 0 Å². The SMILES string of the molecule is CCn1ncnc1CC(N)c1cc2cccc(Br)c2o1. The molecule has 3 rings (SSSR count). The molecule has 0 amide bonds. The Morgan fingerprint density at radius 1 is 1.45 bits per heavy atom. The third-order valence-corrected chi connectivity index (χ3v) is 3.90. The Morgan fingerprint density at radius 3 is 3.05 bits per heavy atom. The molecule has 0 bridgehead atoms. The average Bonchev–Trinajstić information content (AvgIpc) is 3.05. The number of nitrogens with zero attached hydrogens (tertiary/aromatic N) is 3. The van der Waals surface area contributed by atoms with E-state index in [0.29, 0.717) is 6.42 Å². The summed E-state index contributed by atoms with van der Waals surface area (Å²) in [6.07, 6.45) is 2.16. The first kappa shape index (κ1) is 13.3. The summed E-state index contributed by atoms with van der Waals surface area (Å²) < 4.78 is 8.63. The Morgan fingerprint density at radius 2 is 2.30 bits per heavy atom. The predicted octanol–water partition coefficient (Wildman–Crippen LogP) is 3.05.